The molecule has 0 saturated carbocycles. The van der Waals surface area contributed by atoms with Gasteiger partial charge in [0, 0.05) is 11.6 Å². The second kappa shape index (κ2) is 6.04. The Morgan fingerprint density at radius 2 is 1.71 bits per heavy atom. The van der Waals surface area contributed by atoms with Gasteiger partial charge in [-0.15, -0.1) is 0 Å². The van der Waals surface area contributed by atoms with E-state index in [9.17, 15) is 9.50 Å². The number of para-hydroxylation sites is 1. The maximum absolute atomic E-state index is 13.4. The number of benzene rings is 2. The third kappa shape index (κ3) is 4.12. The molecule has 3 rings (SSSR count). The summed E-state index contributed by atoms with van der Waals surface area (Å²) in [5.74, 6) is 0.0962. The summed E-state index contributed by atoms with van der Waals surface area (Å²) in [4.78, 5) is 0. The van der Waals surface area contributed by atoms with Crippen LogP contribution in [-0.4, -0.2) is 15.8 Å². The van der Waals surface area contributed by atoms with Crippen LogP contribution in [0.1, 0.15) is 25.8 Å². The first-order chi connectivity index (χ1) is 9.87. The van der Waals surface area contributed by atoms with Gasteiger partial charge in [0.15, 0.2) is 11.6 Å². The average molecular weight is 290 g/mol. The van der Waals surface area contributed by atoms with Gasteiger partial charge >= 0.3 is 0 Å². The van der Waals surface area contributed by atoms with Gasteiger partial charge in [-0.05, 0) is 44.9 Å². The van der Waals surface area contributed by atoms with Crippen molar-refractivity contribution in [3.63, 3.8) is 0 Å². The number of phenols is 2. The number of aromatic hydroxyl groups is 2. The Labute approximate surface area is 123 Å². The Morgan fingerprint density at radius 1 is 1.05 bits per heavy atom. The first kappa shape index (κ1) is 15.2. The van der Waals surface area contributed by atoms with Crippen LogP contribution in [0, 0.1) is 5.82 Å². The summed E-state index contributed by atoms with van der Waals surface area (Å²) in [6.45, 7) is 3.87. The number of phenolic OH excluding ortho intramolecular Hbond substituents is 2. The third-order valence-corrected chi connectivity index (χ3v) is 3.24. The molecule has 0 aromatic heterocycles. The third-order valence-electron chi connectivity index (χ3n) is 3.24. The summed E-state index contributed by atoms with van der Waals surface area (Å²) >= 11 is 0. The van der Waals surface area contributed by atoms with Gasteiger partial charge in [-0.2, -0.15) is 0 Å². The largest absolute Gasteiger partial charge is 0.508 e. The minimum atomic E-state index is -0.479. The molecular formula is C17H19FO3. The van der Waals surface area contributed by atoms with Crippen molar-refractivity contribution in [3.8, 4) is 17.2 Å². The molecule has 2 N–H and O–H groups in total. The van der Waals surface area contributed by atoms with Crippen molar-refractivity contribution in [1.82, 2.24) is 0 Å². The number of hydrogen-bond acceptors (Lipinski definition) is 3. The van der Waals surface area contributed by atoms with Gasteiger partial charge in [-0.3, -0.25) is 0 Å². The van der Waals surface area contributed by atoms with E-state index in [4.69, 9.17) is 9.84 Å². The van der Waals surface area contributed by atoms with Crippen LogP contribution in [0.4, 0.5) is 4.39 Å². The molecule has 0 spiro atoms. The Bertz CT molecular complexity index is 609. The zero-order chi connectivity index (χ0) is 15.5. The van der Waals surface area contributed by atoms with E-state index in [1.165, 1.54) is 0 Å². The van der Waals surface area contributed by atoms with Crippen molar-refractivity contribution in [3.05, 3.63) is 53.8 Å². The highest BCUT2D eigenvalue weighted by molar-refractivity contribution is 5.42. The summed E-state index contributed by atoms with van der Waals surface area (Å²) in [5.41, 5.74) is 0.437. The number of ether oxygens (including phenoxy) is 1. The molecular weight excluding hydrogens is 271 g/mol. The molecule has 21 heavy (non-hydrogen) atoms. The molecule has 0 aliphatic carbocycles. The van der Waals surface area contributed by atoms with Gasteiger partial charge in [0.1, 0.15) is 17.1 Å². The molecule has 4 heteroatoms. The number of rotatable bonds is 0. The molecule has 112 valence electrons. The fourth-order valence-electron chi connectivity index (χ4n) is 2.13. The van der Waals surface area contributed by atoms with Crippen molar-refractivity contribution in [2.24, 2.45) is 0 Å². The van der Waals surface area contributed by atoms with Crippen LogP contribution < -0.4 is 4.74 Å². The van der Waals surface area contributed by atoms with Gasteiger partial charge in [0.05, 0.1) is 0 Å². The second-order valence-electron chi connectivity index (χ2n) is 5.61. The second-order valence-corrected chi connectivity index (χ2v) is 5.61. The maximum Gasteiger partial charge on any atom is 0.169 e. The zero-order valence-electron chi connectivity index (χ0n) is 12.1. The molecule has 0 unspecified atom stereocenters. The van der Waals surface area contributed by atoms with E-state index >= 15 is 0 Å². The number of aryl methyl sites for hydroxylation is 1. The van der Waals surface area contributed by atoms with Crippen LogP contribution in [0.3, 0.4) is 0 Å². The predicted octanol–water partition coefficient (Wildman–Crippen LogP) is 4.03. The Morgan fingerprint density at radius 3 is 2.29 bits per heavy atom. The lowest BCUT2D eigenvalue weighted by molar-refractivity contribution is 0.0787. The Balaban J connectivity index is 0.000000194. The van der Waals surface area contributed by atoms with Gasteiger partial charge in [-0.25, -0.2) is 4.39 Å². The van der Waals surface area contributed by atoms with Crippen molar-refractivity contribution >= 4 is 0 Å². The van der Waals surface area contributed by atoms with Crippen LogP contribution in [0.5, 0.6) is 17.2 Å². The van der Waals surface area contributed by atoms with Crippen LogP contribution >= 0.6 is 0 Å². The van der Waals surface area contributed by atoms with E-state index in [0.717, 1.165) is 24.5 Å². The van der Waals surface area contributed by atoms with E-state index in [1.807, 2.05) is 19.9 Å². The fraction of sp³-hybridized carbons (Fsp3) is 0.294. The molecule has 0 atom stereocenters. The monoisotopic (exact) mass is 290 g/mol. The number of hydrogen-bond donors (Lipinski definition) is 2. The van der Waals surface area contributed by atoms with Crippen LogP contribution in [0.25, 0.3) is 0 Å². The van der Waals surface area contributed by atoms with Crippen molar-refractivity contribution < 1.29 is 19.3 Å². The summed E-state index contributed by atoms with van der Waals surface area (Å²) in [7, 11) is 0. The summed E-state index contributed by atoms with van der Waals surface area (Å²) in [5, 5.41) is 17.8. The molecule has 0 radical (unpaired) electrons. The van der Waals surface area contributed by atoms with E-state index < -0.39 is 5.82 Å². The Kier molecular flexibility index (Phi) is 4.36. The first-order valence-corrected chi connectivity index (χ1v) is 6.82. The van der Waals surface area contributed by atoms with Gasteiger partial charge in [0.25, 0.3) is 0 Å². The zero-order valence-corrected chi connectivity index (χ0v) is 12.1. The van der Waals surface area contributed by atoms with Crippen LogP contribution in [-0.2, 0) is 6.42 Å². The van der Waals surface area contributed by atoms with Crippen molar-refractivity contribution in [2.75, 3.05) is 0 Å². The topological polar surface area (TPSA) is 49.7 Å². The standard InChI is InChI=1S/C11H13FO2.C6H6O/c1-11(2)4-3-7-5-8(13)6-9(12)10(7)14-11;7-6-4-2-1-3-5-6/h5-6,13H,3-4H2,1-2H3;1-5,7H. The highest BCUT2D eigenvalue weighted by atomic mass is 19.1. The van der Waals surface area contributed by atoms with Gasteiger partial charge < -0.3 is 14.9 Å². The van der Waals surface area contributed by atoms with Crippen molar-refractivity contribution in [1.29, 1.82) is 0 Å². The summed E-state index contributed by atoms with van der Waals surface area (Å²) < 4.78 is 18.9. The average Bonchev–Trinajstić information content (AvgIpc) is 2.41. The maximum atomic E-state index is 13.4. The molecule has 0 fully saturated rings. The normalized spacial score (nSPS) is 15.2. The van der Waals surface area contributed by atoms with Crippen LogP contribution in [0.15, 0.2) is 42.5 Å². The van der Waals surface area contributed by atoms with Gasteiger partial charge in [0.2, 0.25) is 0 Å². The molecule has 1 aliphatic rings. The lowest BCUT2D eigenvalue weighted by atomic mass is 9.94. The minimum Gasteiger partial charge on any atom is -0.508 e. The SMILES string of the molecule is CC1(C)CCc2cc(O)cc(F)c2O1.Oc1ccccc1. The molecule has 0 bridgehead atoms. The predicted molar refractivity (Wildman–Crippen MR) is 79.2 cm³/mol. The number of halogens is 1. The lowest BCUT2D eigenvalue weighted by Gasteiger charge is -2.32. The first-order valence-electron chi connectivity index (χ1n) is 6.82. The Hall–Kier alpha value is -2.23. The van der Waals surface area contributed by atoms with Crippen LogP contribution in [0.2, 0.25) is 0 Å². The highest BCUT2D eigenvalue weighted by Crippen LogP contribution is 2.37. The van der Waals surface area contributed by atoms with E-state index in [0.29, 0.717) is 11.5 Å². The minimum absolute atomic E-state index is 0.0374. The lowest BCUT2D eigenvalue weighted by Crippen LogP contribution is -2.33. The molecule has 2 aromatic rings. The smallest absolute Gasteiger partial charge is 0.169 e. The molecule has 0 saturated heterocycles. The van der Waals surface area contributed by atoms with Gasteiger partial charge in [-0.1, -0.05) is 18.2 Å². The molecule has 1 heterocycles. The quantitative estimate of drug-likeness (QED) is 0.770. The van der Waals surface area contributed by atoms with E-state index in [2.05, 4.69) is 0 Å². The number of fused-ring (bicyclic) bond motifs is 1. The summed E-state index contributed by atoms with van der Waals surface area (Å²) in [6.07, 6.45) is 1.58. The molecule has 3 nitrogen and oxygen atoms in total. The summed E-state index contributed by atoms with van der Waals surface area (Å²) in [6, 6.07) is 11.4. The molecule has 0 amide bonds. The fourth-order valence-corrected chi connectivity index (χ4v) is 2.13. The van der Waals surface area contributed by atoms with Crippen molar-refractivity contribution in [2.45, 2.75) is 32.3 Å². The van der Waals surface area contributed by atoms with E-state index in [-0.39, 0.29) is 11.4 Å². The molecule has 2 aromatic carbocycles. The van der Waals surface area contributed by atoms with E-state index in [1.54, 1.807) is 30.3 Å². The highest BCUT2D eigenvalue weighted by Gasteiger charge is 2.28. The molecule has 1 aliphatic heterocycles.